The Morgan fingerprint density at radius 2 is 2.00 bits per heavy atom. The molecule has 0 saturated carbocycles. The highest BCUT2D eigenvalue weighted by molar-refractivity contribution is 5.97. The van der Waals surface area contributed by atoms with Crippen LogP contribution in [0.15, 0.2) is 35.3 Å². The number of aliphatic imine (C=N–C) groups is 1. The predicted molar refractivity (Wildman–Crippen MR) is 115 cm³/mol. The Kier molecular flexibility index (Phi) is 7.68. The number of likely N-dealkylation sites (N-methyl/N-ethyl adjacent to an activating group) is 1. The molecule has 7 heteroatoms. The quantitative estimate of drug-likeness (QED) is 0.564. The standard InChI is InChI=1S/C21H34N6O/c1-3-22-21(23-10-13-26-12-7-11-25(2)14-15-26)24-18-16-20(28)27(17-18)19-8-5-4-6-9-19/h4-6,8-9,18H,3,7,10-17H2,1-2H3,(H2,22,23,24). The number of para-hydroxylation sites is 1. The number of amides is 1. The Morgan fingerprint density at radius 1 is 1.18 bits per heavy atom. The summed E-state index contributed by atoms with van der Waals surface area (Å²) in [6, 6.07) is 9.96. The number of hydrogen-bond donors (Lipinski definition) is 2. The zero-order valence-electron chi connectivity index (χ0n) is 17.2. The van der Waals surface area contributed by atoms with E-state index in [9.17, 15) is 4.79 Å². The van der Waals surface area contributed by atoms with Crippen LogP contribution in [0.25, 0.3) is 0 Å². The molecule has 2 aliphatic rings. The molecule has 1 aromatic rings. The summed E-state index contributed by atoms with van der Waals surface area (Å²) in [6.45, 7) is 9.85. The first-order valence-electron chi connectivity index (χ1n) is 10.5. The van der Waals surface area contributed by atoms with Crippen molar-refractivity contribution >= 4 is 17.6 Å². The first kappa shape index (κ1) is 20.6. The van der Waals surface area contributed by atoms with E-state index in [0.717, 1.165) is 50.9 Å². The molecular weight excluding hydrogens is 352 g/mol. The number of nitrogens with one attached hydrogen (secondary N) is 2. The Morgan fingerprint density at radius 3 is 2.79 bits per heavy atom. The Bertz CT molecular complexity index is 650. The lowest BCUT2D eigenvalue weighted by Crippen LogP contribution is -2.45. The molecule has 3 rings (SSSR count). The molecular formula is C21H34N6O. The molecule has 2 fully saturated rings. The number of nitrogens with zero attached hydrogens (tertiary/aromatic N) is 4. The van der Waals surface area contributed by atoms with Gasteiger partial charge in [0.25, 0.3) is 0 Å². The van der Waals surface area contributed by atoms with Crippen LogP contribution in [-0.2, 0) is 4.79 Å². The Balaban J connectivity index is 1.51. The third-order valence-corrected chi connectivity index (χ3v) is 5.38. The van der Waals surface area contributed by atoms with Gasteiger partial charge in [-0.25, -0.2) is 0 Å². The molecule has 2 heterocycles. The van der Waals surface area contributed by atoms with Crippen molar-refractivity contribution in [3.8, 4) is 0 Å². The minimum Gasteiger partial charge on any atom is -0.357 e. The van der Waals surface area contributed by atoms with Crippen molar-refractivity contribution in [1.82, 2.24) is 20.4 Å². The normalized spacial score (nSPS) is 22.4. The highest BCUT2D eigenvalue weighted by Gasteiger charge is 2.31. The first-order chi connectivity index (χ1) is 13.7. The van der Waals surface area contributed by atoms with Gasteiger partial charge in [-0.05, 0) is 45.6 Å². The van der Waals surface area contributed by atoms with Gasteiger partial charge in [0.05, 0.1) is 12.6 Å². The predicted octanol–water partition coefficient (Wildman–Crippen LogP) is 0.985. The fourth-order valence-electron chi connectivity index (χ4n) is 3.80. The van der Waals surface area contributed by atoms with Gasteiger partial charge in [0.1, 0.15) is 0 Å². The van der Waals surface area contributed by atoms with Crippen molar-refractivity contribution in [1.29, 1.82) is 0 Å². The highest BCUT2D eigenvalue weighted by atomic mass is 16.2. The second-order valence-electron chi connectivity index (χ2n) is 7.64. The van der Waals surface area contributed by atoms with Crippen molar-refractivity contribution in [2.24, 2.45) is 4.99 Å². The lowest BCUT2D eigenvalue weighted by atomic mass is 10.2. The van der Waals surface area contributed by atoms with Gasteiger partial charge in [-0.3, -0.25) is 9.79 Å². The van der Waals surface area contributed by atoms with Gasteiger partial charge in [0.2, 0.25) is 5.91 Å². The minimum absolute atomic E-state index is 0.0809. The summed E-state index contributed by atoms with van der Waals surface area (Å²) in [5.74, 6) is 0.968. The van der Waals surface area contributed by atoms with E-state index in [4.69, 9.17) is 4.99 Å². The maximum Gasteiger partial charge on any atom is 0.229 e. The van der Waals surface area contributed by atoms with Crippen molar-refractivity contribution in [2.75, 3.05) is 64.3 Å². The van der Waals surface area contributed by atoms with Gasteiger partial charge in [-0.1, -0.05) is 18.2 Å². The molecule has 7 nitrogen and oxygen atoms in total. The van der Waals surface area contributed by atoms with Crippen LogP contribution >= 0.6 is 0 Å². The summed E-state index contributed by atoms with van der Waals surface area (Å²) in [7, 11) is 2.19. The molecule has 0 radical (unpaired) electrons. The molecule has 28 heavy (non-hydrogen) atoms. The van der Waals surface area contributed by atoms with Gasteiger partial charge in [0.15, 0.2) is 5.96 Å². The summed E-state index contributed by atoms with van der Waals surface area (Å²) in [4.78, 5) is 23.9. The molecule has 154 valence electrons. The number of guanidine groups is 1. The van der Waals surface area contributed by atoms with E-state index in [1.165, 1.54) is 13.0 Å². The molecule has 2 N–H and O–H groups in total. The molecule has 1 aromatic carbocycles. The molecule has 1 atom stereocenters. The van der Waals surface area contributed by atoms with E-state index < -0.39 is 0 Å². The second-order valence-corrected chi connectivity index (χ2v) is 7.64. The zero-order valence-corrected chi connectivity index (χ0v) is 17.2. The second kappa shape index (κ2) is 10.4. The average molecular weight is 387 g/mol. The summed E-state index contributed by atoms with van der Waals surface area (Å²) < 4.78 is 0. The lowest BCUT2D eigenvalue weighted by Gasteiger charge is -2.20. The van der Waals surface area contributed by atoms with E-state index in [-0.39, 0.29) is 11.9 Å². The molecule has 2 saturated heterocycles. The van der Waals surface area contributed by atoms with Gasteiger partial charge in [0, 0.05) is 44.8 Å². The average Bonchev–Trinajstić information content (AvgIpc) is 2.93. The summed E-state index contributed by atoms with van der Waals surface area (Å²) >= 11 is 0. The Labute approximate surface area is 168 Å². The van der Waals surface area contributed by atoms with Crippen LogP contribution in [0.4, 0.5) is 5.69 Å². The maximum atomic E-state index is 12.4. The fourth-order valence-corrected chi connectivity index (χ4v) is 3.80. The van der Waals surface area contributed by atoms with Crippen LogP contribution < -0.4 is 15.5 Å². The topological polar surface area (TPSA) is 63.2 Å². The monoisotopic (exact) mass is 386 g/mol. The summed E-state index contributed by atoms with van der Waals surface area (Å²) in [5, 5.41) is 6.77. The van der Waals surface area contributed by atoms with Gasteiger partial charge in [-0.15, -0.1) is 0 Å². The van der Waals surface area contributed by atoms with Crippen molar-refractivity contribution in [3.63, 3.8) is 0 Å². The van der Waals surface area contributed by atoms with E-state index in [0.29, 0.717) is 13.0 Å². The number of hydrogen-bond acceptors (Lipinski definition) is 4. The third kappa shape index (κ3) is 5.94. The van der Waals surface area contributed by atoms with E-state index in [2.05, 4.69) is 34.4 Å². The number of benzene rings is 1. The van der Waals surface area contributed by atoms with Crippen LogP contribution in [0.3, 0.4) is 0 Å². The highest BCUT2D eigenvalue weighted by Crippen LogP contribution is 2.20. The lowest BCUT2D eigenvalue weighted by molar-refractivity contribution is -0.117. The molecule has 0 aromatic heterocycles. The van der Waals surface area contributed by atoms with Crippen LogP contribution in [0, 0.1) is 0 Å². The number of anilines is 1. The summed E-state index contributed by atoms with van der Waals surface area (Å²) in [5.41, 5.74) is 0.963. The van der Waals surface area contributed by atoms with Crippen molar-refractivity contribution < 1.29 is 4.79 Å². The first-order valence-corrected chi connectivity index (χ1v) is 10.5. The van der Waals surface area contributed by atoms with E-state index >= 15 is 0 Å². The van der Waals surface area contributed by atoms with Gasteiger partial charge in [-0.2, -0.15) is 0 Å². The molecule has 0 spiro atoms. The third-order valence-electron chi connectivity index (χ3n) is 5.38. The maximum absolute atomic E-state index is 12.4. The van der Waals surface area contributed by atoms with Crippen LogP contribution in [0.5, 0.6) is 0 Å². The molecule has 0 aliphatic carbocycles. The van der Waals surface area contributed by atoms with Gasteiger partial charge >= 0.3 is 0 Å². The number of carbonyl (C=O) groups excluding carboxylic acids is 1. The smallest absolute Gasteiger partial charge is 0.229 e. The number of rotatable bonds is 6. The SMILES string of the molecule is CCNC(=NCCN1CCCN(C)CC1)NC1CC(=O)N(c2ccccc2)C1. The van der Waals surface area contributed by atoms with Crippen LogP contribution in [0.2, 0.25) is 0 Å². The fraction of sp³-hybridized carbons (Fsp3) is 0.619. The largest absolute Gasteiger partial charge is 0.357 e. The van der Waals surface area contributed by atoms with Crippen molar-refractivity contribution in [3.05, 3.63) is 30.3 Å². The minimum atomic E-state index is 0.0809. The molecule has 1 amide bonds. The van der Waals surface area contributed by atoms with Crippen molar-refractivity contribution in [2.45, 2.75) is 25.8 Å². The van der Waals surface area contributed by atoms with E-state index in [1.807, 2.05) is 35.2 Å². The molecule has 1 unspecified atom stereocenters. The number of carbonyl (C=O) groups is 1. The summed E-state index contributed by atoms with van der Waals surface area (Å²) in [6.07, 6.45) is 1.72. The van der Waals surface area contributed by atoms with Gasteiger partial charge < -0.3 is 25.3 Å². The Hall–Kier alpha value is -2.12. The van der Waals surface area contributed by atoms with Crippen LogP contribution in [-0.4, -0.2) is 87.1 Å². The molecule has 0 bridgehead atoms. The molecule has 2 aliphatic heterocycles. The zero-order chi connectivity index (χ0) is 19.8. The van der Waals surface area contributed by atoms with E-state index in [1.54, 1.807) is 0 Å². The van der Waals surface area contributed by atoms with Crippen LogP contribution in [0.1, 0.15) is 19.8 Å².